The maximum Gasteiger partial charge on any atom is 0.369 e. The zero-order valence-corrected chi connectivity index (χ0v) is 18.5. The molecule has 0 aliphatic heterocycles. The van der Waals surface area contributed by atoms with Gasteiger partial charge in [0.15, 0.2) is 0 Å². The Morgan fingerprint density at radius 3 is 1.54 bits per heavy atom. The molecule has 0 aromatic heterocycles. The normalized spacial score (nSPS) is 14.7. The van der Waals surface area contributed by atoms with E-state index in [4.69, 9.17) is 19.6 Å². The molecule has 0 aliphatic carbocycles. The monoisotopic (exact) mass is 420 g/mol. The standard InChI is InChI=1S/C15H36N2O7P2/c1-16(2,3)13-14-17(4,5)12-10-8-6-7-9-11-15(18,25(19,20)21)26(22,23)24/h18H,6-14H2,1-5H3,(H2-2,19,20,21,22,23,24)/p+2. The summed E-state index contributed by atoms with van der Waals surface area (Å²) < 4.78 is 24.4. The van der Waals surface area contributed by atoms with Gasteiger partial charge in [-0.1, -0.05) is 12.8 Å². The van der Waals surface area contributed by atoms with Gasteiger partial charge in [0.2, 0.25) is 0 Å². The predicted molar refractivity (Wildman–Crippen MR) is 101 cm³/mol. The lowest BCUT2D eigenvalue weighted by Gasteiger charge is -2.33. The lowest BCUT2D eigenvalue weighted by molar-refractivity contribution is -0.937. The minimum atomic E-state index is -5.33. The summed E-state index contributed by atoms with van der Waals surface area (Å²) in [5, 5.41) is 6.51. The van der Waals surface area contributed by atoms with Crippen LogP contribution in [0, 0.1) is 0 Å². The van der Waals surface area contributed by atoms with Gasteiger partial charge in [-0.25, -0.2) is 0 Å². The molecule has 0 aliphatic rings. The van der Waals surface area contributed by atoms with Gasteiger partial charge in [-0.3, -0.25) is 9.13 Å². The topological polar surface area (TPSA) is 135 Å². The van der Waals surface area contributed by atoms with E-state index in [1.165, 1.54) is 0 Å². The van der Waals surface area contributed by atoms with Crippen molar-refractivity contribution in [1.82, 2.24) is 0 Å². The summed E-state index contributed by atoms with van der Waals surface area (Å²) in [5.41, 5.74) is 0. The molecule has 0 spiro atoms. The first-order valence-corrected chi connectivity index (χ1v) is 12.1. The minimum absolute atomic E-state index is 0.145. The van der Waals surface area contributed by atoms with Gasteiger partial charge in [0, 0.05) is 0 Å². The highest BCUT2D eigenvalue weighted by atomic mass is 31.2. The Morgan fingerprint density at radius 2 is 1.12 bits per heavy atom. The number of likely N-dealkylation sites (N-methyl/N-ethyl adjacent to an activating group) is 2. The Morgan fingerprint density at radius 1 is 0.692 bits per heavy atom. The molecular weight excluding hydrogens is 382 g/mol. The summed E-state index contributed by atoms with van der Waals surface area (Å²) in [4.78, 5) is 36.3. The highest BCUT2D eigenvalue weighted by Gasteiger charge is 2.58. The van der Waals surface area contributed by atoms with Crippen LogP contribution < -0.4 is 0 Å². The molecule has 9 nitrogen and oxygen atoms in total. The number of unbranched alkanes of at least 4 members (excludes halogenated alkanes) is 4. The molecule has 0 rings (SSSR count). The third-order valence-electron chi connectivity index (χ3n) is 4.58. The van der Waals surface area contributed by atoms with Crippen molar-refractivity contribution in [2.45, 2.75) is 43.6 Å². The molecule has 0 atom stereocenters. The van der Waals surface area contributed by atoms with Gasteiger partial charge < -0.3 is 33.6 Å². The van der Waals surface area contributed by atoms with Crippen LogP contribution in [0.2, 0.25) is 0 Å². The van der Waals surface area contributed by atoms with E-state index >= 15 is 0 Å². The average Bonchev–Trinajstić information content (AvgIpc) is 2.41. The fraction of sp³-hybridized carbons (Fsp3) is 1.00. The number of aliphatic hydroxyl groups is 1. The van der Waals surface area contributed by atoms with E-state index in [0.29, 0.717) is 6.42 Å². The number of nitrogens with zero attached hydrogens (tertiary/aromatic N) is 2. The van der Waals surface area contributed by atoms with Crippen LogP contribution in [0.3, 0.4) is 0 Å². The summed E-state index contributed by atoms with van der Waals surface area (Å²) >= 11 is 0. The van der Waals surface area contributed by atoms with Crippen LogP contribution in [0.4, 0.5) is 0 Å². The smallest absolute Gasteiger partial charge is 0.368 e. The first-order valence-electron chi connectivity index (χ1n) is 8.87. The second kappa shape index (κ2) is 9.59. The van der Waals surface area contributed by atoms with E-state index < -0.39 is 26.7 Å². The van der Waals surface area contributed by atoms with Crippen molar-refractivity contribution < 1.29 is 42.8 Å². The lowest BCUT2D eigenvalue weighted by atomic mass is 10.1. The highest BCUT2D eigenvalue weighted by Crippen LogP contribution is 2.69. The number of hydrogen-bond acceptors (Lipinski definition) is 3. The molecule has 26 heavy (non-hydrogen) atoms. The predicted octanol–water partition coefficient (Wildman–Crippen LogP) is 1.11. The molecule has 0 unspecified atom stereocenters. The lowest BCUT2D eigenvalue weighted by Crippen LogP contribution is -2.49. The van der Waals surface area contributed by atoms with Gasteiger partial charge in [0.1, 0.15) is 13.1 Å². The van der Waals surface area contributed by atoms with E-state index in [0.717, 1.165) is 47.9 Å². The molecule has 0 bridgehead atoms. The van der Waals surface area contributed by atoms with Gasteiger partial charge in [-0.05, 0) is 25.7 Å². The third kappa shape index (κ3) is 9.40. The summed E-state index contributed by atoms with van der Waals surface area (Å²) in [6.45, 7) is 3.17. The van der Waals surface area contributed by atoms with E-state index in [9.17, 15) is 14.2 Å². The second-order valence-electron chi connectivity index (χ2n) is 8.78. The average molecular weight is 420 g/mol. The zero-order chi connectivity index (χ0) is 20.9. The van der Waals surface area contributed by atoms with Crippen LogP contribution in [0.25, 0.3) is 0 Å². The van der Waals surface area contributed by atoms with Crippen molar-refractivity contribution in [1.29, 1.82) is 0 Å². The highest BCUT2D eigenvalue weighted by molar-refractivity contribution is 7.72. The van der Waals surface area contributed by atoms with Crippen molar-refractivity contribution in [2.75, 3.05) is 54.9 Å². The molecule has 0 amide bonds. The Bertz CT molecular complexity index is 501. The van der Waals surface area contributed by atoms with Crippen LogP contribution in [0.15, 0.2) is 0 Å². The van der Waals surface area contributed by atoms with Gasteiger partial charge in [-0.2, -0.15) is 0 Å². The molecule has 0 saturated carbocycles. The number of rotatable bonds is 13. The molecule has 158 valence electrons. The molecule has 11 heteroatoms. The van der Waals surface area contributed by atoms with E-state index in [-0.39, 0.29) is 6.42 Å². The van der Waals surface area contributed by atoms with Gasteiger partial charge in [0.05, 0.1) is 41.8 Å². The molecule has 0 fully saturated rings. The molecular formula is C15H38N2O7P2+2. The Labute approximate surface area is 157 Å². The van der Waals surface area contributed by atoms with E-state index in [1.807, 2.05) is 0 Å². The molecule has 0 heterocycles. The zero-order valence-electron chi connectivity index (χ0n) is 16.7. The summed E-state index contributed by atoms with van der Waals surface area (Å²) in [7, 11) is 0.218. The molecule has 0 radical (unpaired) electrons. The molecule has 0 aromatic rings. The van der Waals surface area contributed by atoms with Crippen LogP contribution in [-0.2, 0) is 9.13 Å². The van der Waals surface area contributed by atoms with E-state index in [2.05, 4.69) is 35.2 Å². The van der Waals surface area contributed by atoms with Crippen molar-refractivity contribution >= 4 is 15.2 Å². The van der Waals surface area contributed by atoms with Crippen molar-refractivity contribution in [3.63, 3.8) is 0 Å². The summed E-state index contributed by atoms with van der Waals surface area (Å²) in [5.74, 6) is 0. The fourth-order valence-electron chi connectivity index (χ4n) is 2.58. The SMILES string of the molecule is C[N+](C)(C)CC[N+](C)(C)CCCCCCCC(O)(P(=O)(O)O)P(=O)(O)O. The van der Waals surface area contributed by atoms with Crippen molar-refractivity contribution in [3.05, 3.63) is 0 Å². The summed E-state index contributed by atoms with van der Waals surface area (Å²) in [6.07, 6.45) is 2.79. The fourth-order valence-corrected chi connectivity index (χ4v) is 4.83. The first kappa shape index (κ1) is 26.2. The van der Waals surface area contributed by atoms with Crippen molar-refractivity contribution in [3.8, 4) is 0 Å². The Kier molecular flexibility index (Phi) is 9.66. The van der Waals surface area contributed by atoms with Gasteiger partial charge >= 0.3 is 15.2 Å². The van der Waals surface area contributed by atoms with E-state index in [1.54, 1.807) is 0 Å². The second-order valence-corrected chi connectivity index (χ2v) is 12.8. The number of quaternary nitrogens is 2. The van der Waals surface area contributed by atoms with Crippen LogP contribution in [0.5, 0.6) is 0 Å². The number of hydrogen-bond donors (Lipinski definition) is 5. The summed E-state index contributed by atoms with van der Waals surface area (Å²) in [6, 6.07) is 0. The quantitative estimate of drug-likeness (QED) is 0.171. The van der Waals surface area contributed by atoms with Crippen LogP contribution in [-0.4, -0.2) is 93.6 Å². The maximum atomic E-state index is 11.3. The first-order chi connectivity index (χ1) is 11.4. The molecule has 0 aromatic carbocycles. The minimum Gasteiger partial charge on any atom is -0.368 e. The Balaban J connectivity index is 4.18. The molecule has 5 N–H and O–H groups in total. The maximum absolute atomic E-state index is 11.3. The van der Waals surface area contributed by atoms with Crippen LogP contribution >= 0.6 is 15.2 Å². The van der Waals surface area contributed by atoms with Gasteiger partial charge in [0.25, 0.3) is 5.08 Å². The third-order valence-corrected chi connectivity index (χ3v) is 8.46. The Hall–Kier alpha value is 0.180. The van der Waals surface area contributed by atoms with Crippen LogP contribution in [0.1, 0.15) is 38.5 Å². The molecule has 0 saturated heterocycles. The van der Waals surface area contributed by atoms with Gasteiger partial charge in [-0.15, -0.1) is 0 Å². The van der Waals surface area contributed by atoms with Crippen molar-refractivity contribution in [2.24, 2.45) is 0 Å². The largest absolute Gasteiger partial charge is 0.369 e.